The molecule has 4 rings (SSSR count). The summed E-state index contributed by atoms with van der Waals surface area (Å²) in [7, 11) is 2.22. The second-order valence-electron chi connectivity index (χ2n) is 6.71. The van der Waals surface area contributed by atoms with Crippen LogP contribution in [0.5, 0.6) is 0 Å². The van der Waals surface area contributed by atoms with Crippen LogP contribution in [0.15, 0.2) is 24.4 Å². The topological polar surface area (TPSA) is 49.6 Å². The molecule has 0 aliphatic carbocycles. The fourth-order valence-corrected chi connectivity index (χ4v) is 4.12. The number of nitrogens with one attached hydrogen (secondary N) is 1. The molecule has 2 aliphatic rings. The first-order valence-corrected chi connectivity index (χ1v) is 8.09. The molecule has 0 radical (unpaired) electrons. The van der Waals surface area contributed by atoms with Crippen LogP contribution in [-0.2, 0) is 0 Å². The van der Waals surface area contributed by atoms with Gasteiger partial charge in [0.15, 0.2) is 0 Å². The van der Waals surface area contributed by atoms with Crippen molar-refractivity contribution in [1.29, 1.82) is 0 Å². The highest BCUT2D eigenvalue weighted by Crippen LogP contribution is 2.34. The molecule has 0 aromatic carbocycles. The molecule has 2 aliphatic heterocycles. The average Bonchev–Trinajstić information content (AvgIpc) is 2.99. The van der Waals surface area contributed by atoms with Crippen molar-refractivity contribution in [3.8, 4) is 0 Å². The van der Waals surface area contributed by atoms with E-state index in [9.17, 15) is 4.79 Å². The summed E-state index contributed by atoms with van der Waals surface area (Å²) >= 11 is 0. The zero-order valence-electron chi connectivity index (χ0n) is 13.1. The number of hydrogen-bond donors (Lipinski definition) is 1. The third-order valence-electron chi connectivity index (χ3n) is 5.41. The van der Waals surface area contributed by atoms with Gasteiger partial charge in [-0.1, -0.05) is 6.07 Å². The Morgan fingerprint density at radius 2 is 2.00 bits per heavy atom. The maximum atomic E-state index is 12.6. The number of rotatable bonds is 2. The first kappa shape index (κ1) is 13.8. The number of amides is 1. The number of piperidine rings is 1. The number of nitrogens with zero attached hydrogens (tertiary/aromatic N) is 3. The summed E-state index contributed by atoms with van der Waals surface area (Å²) in [6.07, 6.45) is 6.35. The number of aryl methyl sites for hydroxylation is 1. The van der Waals surface area contributed by atoms with Crippen LogP contribution in [0.3, 0.4) is 0 Å². The van der Waals surface area contributed by atoms with Gasteiger partial charge in [-0.25, -0.2) is 4.52 Å². The first-order chi connectivity index (χ1) is 10.6. The van der Waals surface area contributed by atoms with E-state index in [-0.39, 0.29) is 5.91 Å². The lowest BCUT2D eigenvalue weighted by molar-refractivity contribution is 0.0884. The van der Waals surface area contributed by atoms with E-state index < -0.39 is 0 Å². The molecule has 116 valence electrons. The molecule has 2 saturated heterocycles. The molecule has 0 saturated carbocycles. The molecule has 2 aromatic rings. The van der Waals surface area contributed by atoms with Crippen molar-refractivity contribution in [2.24, 2.45) is 0 Å². The Bertz CT molecular complexity index is 709. The molecule has 2 bridgehead atoms. The molecule has 2 atom stereocenters. The third-order valence-corrected chi connectivity index (χ3v) is 5.41. The van der Waals surface area contributed by atoms with Crippen LogP contribution in [0.1, 0.15) is 41.7 Å². The van der Waals surface area contributed by atoms with Crippen molar-refractivity contribution >= 4 is 11.4 Å². The minimum absolute atomic E-state index is 0.00885. The predicted octanol–water partition coefficient (Wildman–Crippen LogP) is 2.00. The van der Waals surface area contributed by atoms with Gasteiger partial charge >= 0.3 is 0 Å². The van der Waals surface area contributed by atoms with Gasteiger partial charge in [0.2, 0.25) is 0 Å². The van der Waals surface area contributed by atoms with Crippen LogP contribution >= 0.6 is 0 Å². The summed E-state index contributed by atoms with van der Waals surface area (Å²) < 4.78 is 1.83. The Kier molecular flexibility index (Phi) is 3.18. The zero-order valence-corrected chi connectivity index (χ0v) is 13.1. The van der Waals surface area contributed by atoms with E-state index in [0.717, 1.165) is 24.1 Å². The lowest BCUT2D eigenvalue weighted by Crippen LogP contribution is -2.48. The number of pyridine rings is 1. The molecular formula is C17H22N4O. The van der Waals surface area contributed by atoms with Gasteiger partial charge in [0.05, 0.1) is 17.3 Å². The average molecular weight is 298 g/mol. The summed E-state index contributed by atoms with van der Waals surface area (Å²) in [5.41, 5.74) is 2.59. The van der Waals surface area contributed by atoms with Gasteiger partial charge in [0.25, 0.3) is 5.91 Å². The number of hydrogen-bond acceptors (Lipinski definition) is 3. The second kappa shape index (κ2) is 5.09. The Morgan fingerprint density at radius 1 is 1.27 bits per heavy atom. The van der Waals surface area contributed by atoms with Gasteiger partial charge in [-0.05, 0) is 51.8 Å². The van der Waals surface area contributed by atoms with Crippen molar-refractivity contribution < 1.29 is 4.79 Å². The van der Waals surface area contributed by atoms with Crippen LogP contribution < -0.4 is 5.32 Å². The van der Waals surface area contributed by atoms with Crippen molar-refractivity contribution in [3.05, 3.63) is 35.7 Å². The van der Waals surface area contributed by atoms with E-state index in [1.54, 1.807) is 6.20 Å². The monoisotopic (exact) mass is 298 g/mol. The Hall–Kier alpha value is -1.88. The Labute approximate surface area is 130 Å². The van der Waals surface area contributed by atoms with Crippen LogP contribution in [0.4, 0.5) is 0 Å². The highest BCUT2D eigenvalue weighted by molar-refractivity contribution is 6.00. The molecule has 22 heavy (non-hydrogen) atoms. The first-order valence-electron chi connectivity index (χ1n) is 8.09. The standard InChI is InChI=1S/C17H22N4O/c1-11-4-3-5-16-15(10-18-21(11)16)17(22)19-12-8-13-6-7-14(9-12)20(13)2/h3-5,10,12-14H,6-9H2,1-2H3,(H,19,22). The van der Waals surface area contributed by atoms with E-state index in [1.807, 2.05) is 29.6 Å². The van der Waals surface area contributed by atoms with E-state index in [0.29, 0.717) is 23.7 Å². The van der Waals surface area contributed by atoms with Crippen molar-refractivity contribution in [2.45, 2.75) is 50.7 Å². The lowest BCUT2D eigenvalue weighted by atomic mass is 9.97. The van der Waals surface area contributed by atoms with Crippen LogP contribution in [0.2, 0.25) is 0 Å². The molecule has 2 aromatic heterocycles. The maximum Gasteiger partial charge on any atom is 0.255 e. The summed E-state index contributed by atoms with van der Waals surface area (Å²) in [5.74, 6) is 0.00885. The number of carbonyl (C=O) groups is 1. The molecule has 2 fully saturated rings. The quantitative estimate of drug-likeness (QED) is 0.922. The minimum atomic E-state index is 0.00885. The number of carbonyl (C=O) groups excluding carboxylic acids is 1. The van der Waals surface area contributed by atoms with Gasteiger partial charge in [-0.3, -0.25) is 4.79 Å². The fourth-order valence-electron chi connectivity index (χ4n) is 4.12. The molecule has 2 unspecified atom stereocenters. The molecule has 5 heteroatoms. The predicted molar refractivity (Wildman–Crippen MR) is 85.0 cm³/mol. The van der Waals surface area contributed by atoms with E-state index in [1.165, 1.54) is 12.8 Å². The van der Waals surface area contributed by atoms with Gasteiger partial charge in [0.1, 0.15) is 0 Å². The number of fused-ring (bicyclic) bond motifs is 3. The molecule has 1 amide bonds. The Balaban J connectivity index is 1.54. The SMILES string of the molecule is Cc1cccc2c(C(=O)NC3CC4CCC(C3)N4C)cnn12. The van der Waals surface area contributed by atoms with E-state index in [4.69, 9.17) is 0 Å². The largest absolute Gasteiger partial charge is 0.349 e. The smallest absolute Gasteiger partial charge is 0.255 e. The summed E-state index contributed by atoms with van der Waals surface area (Å²) in [6, 6.07) is 7.48. The van der Waals surface area contributed by atoms with Crippen LogP contribution in [0, 0.1) is 6.92 Å². The summed E-state index contributed by atoms with van der Waals surface area (Å²) in [5, 5.41) is 7.57. The normalized spacial score (nSPS) is 28.2. The van der Waals surface area contributed by atoms with Crippen molar-refractivity contribution in [1.82, 2.24) is 19.8 Å². The van der Waals surface area contributed by atoms with Gasteiger partial charge in [-0.2, -0.15) is 5.10 Å². The van der Waals surface area contributed by atoms with E-state index in [2.05, 4.69) is 22.4 Å². The number of aromatic nitrogens is 2. The molecule has 1 N–H and O–H groups in total. The fraction of sp³-hybridized carbons (Fsp3) is 0.529. The van der Waals surface area contributed by atoms with Crippen LogP contribution in [-0.4, -0.2) is 45.6 Å². The van der Waals surface area contributed by atoms with Gasteiger partial charge < -0.3 is 10.2 Å². The zero-order chi connectivity index (χ0) is 15.3. The Morgan fingerprint density at radius 3 is 2.73 bits per heavy atom. The molecule has 5 nitrogen and oxygen atoms in total. The minimum Gasteiger partial charge on any atom is -0.349 e. The summed E-state index contributed by atoms with van der Waals surface area (Å²) in [6.45, 7) is 2.00. The van der Waals surface area contributed by atoms with Gasteiger partial charge in [-0.15, -0.1) is 0 Å². The maximum absolute atomic E-state index is 12.6. The highest BCUT2D eigenvalue weighted by atomic mass is 16.1. The second-order valence-corrected chi connectivity index (χ2v) is 6.71. The molecule has 4 heterocycles. The molecule has 0 spiro atoms. The third kappa shape index (κ3) is 2.11. The van der Waals surface area contributed by atoms with Crippen LogP contribution in [0.25, 0.3) is 5.52 Å². The van der Waals surface area contributed by atoms with Crippen molar-refractivity contribution in [2.75, 3.05) is 7.05 Å². The van der Waals surface area contributed by atoms with Gasteiger partial charge in [0, 0.05) is 23.8 Å². The van der Waals surface area contributed by atoms with E-state index >= 15 is 0 Å². The summed E-state index contributed by atoms with van der Waals surface area (Å²) in [4.78, 5) is 15.1. The molecular weight excluding hydrogens is 276 g/mol. The lowest BCUT2D eigenvalue weighted by Gasteiger charge is -2.36. The van der Waals surface area contributed by atoms with Crippen molar-refractivity contribution in [3.63, 3.8) is 0 Å². The highest BCUT2D eigenvalue weighted by Gasteiger charge is 2.38.